The third kappa shape index (κ3) is 15.4. The van der Waals surface area contributed by atoms with Gasteiger partial charge in [0.15, 0.2) is 0 Å². The summed E-state index contributed by atoms with van der Waals surface area (Å²) < 4.78 is 10.6. The van der Waals surface area contributed by atoms with Gasteiger partial charge in [0.05, 0.1) is 24.2 Å². The van der Waals surface area contributed by atoms with E-state index in [2.05, 4.69) is 59.3 Å². The quantitative estimate of drug-likeness (QED) is 0.133. The number of alkyl carbamates (subject to hydrolysis) is 2. The third-order valence-electron chi connectivity index (χ3n) is 9.86. The SMILES string of the molecule is CC(C)(C)OC(=O)NC(CCCCNC(=O)OCC1c2ccccc2-c2ccccc21)C(=O)O.CCCCCC(N)C(=O)N1CCC[C@@H]1C#N.N#C[C@H]1CCCN1. The number of nitriles is 2. The lowest BCUT2D eigenvalue weighted by molar-refractivity contribution is -0.139. The summed E-state index contributed by atoms with van der Waals surface area (Å²) >= 11 is 0. The van der Waals surface area contributed by atoms with Crippen LogP contribution in [0.5, 0.6) is 0 Å². The van der Waals surface area contributed by atoms with E-state index >= 15 is 0 Å². The van der Waals surface area contributed by atoms with Crippen molar-refractivity contribution in [2.45, 2.75) is 134 Å². The number of carboxylic acids is 1. The number of carbonyl (C=O) groups is 4. The smallest absolute Gasteiger partial charge is 0.408 e. The molecule has 57 heavy (non-hydrogen) atoms. The predicted octanol–water partition coefficient (Wildman–Crippen LogP) is 6.34. The van der Waals surface area contributed by atoms with Gasteiger partial charge in [0, 0.05) is 19.0 Å². The van der Waals surface area contributed by atoms with Crippen LogP contribution in [0.4, 0.5) is 9.59 Å². The van der Waals surface area contributed by atoms with Crippen LogP contribution in [0.2, 0.25) is 0 Å². The highest BCUT2D eigenvalue weighted by Crippen LogP contribution is 2.44. The third-order valence-corrected chi connectivity index (χ3v) is 9.86. The maximum atomic E-state index is 12.2. The van der Waals surface area contributed by atoms with E-state index in [4.69, 9.17) is 25.7 Å². The number of unbranched alkanes of at least 4 members (excludes halogenated alkanes) is 3. The van der Waals surface area contributed by atoms with Crippen molar-refractivity contribution in [2.75, 3.05) is 26.2 Å². The largest absolute Gasteiger partial charge is 0.480 e. The number of likely N-dealkylation sites (tertiary alicyclic amines) is 1. The van der Waals surface area contributed by atoms with E-state index < -0.39 is 35.8 Å². The summed E-state index contributed by atoms with van der Waals surface area (Å²) in [7, 11) is 0. The van der Waals surface area contributed by atoms with Gasteiger partial charge in [-0.3, -0.25) is 4.79 Å². The van der Waals surface area contributed by atoms with E-state index in [1.165, 1.54) is 11.1 Å². The molecule has 4 atom stereocenters. The van der Waals surface area contributed by atoms with Crippen LogP contribution in [0.3, 0.4) is 0 Å². The van der Waals surface area contributed by atoms with Crippen molar-refractivity contribution >= 4 is 24.1 Å². The second-order valence-corrected chi connectivity index (χ2v) is 15.5. The number of hydrogen-bond donors (Lipinski definition) is 5. The highest BCUT2D eigenvalue weighted by molar-refractivity contribution is 5.82. The highest BCUT2D eigenvalue weighted by Gasteiger charge is 2.32. The maximum Gasteiger partial charge on any atom is 0.408 e. The number of ether oxygens (including phenoxy) is 2. The zero-order valence-electron chi connectivity index (χ0n) is 33.9. The standard InChI is InChI=1S/C26H32N2O6.C12H21N3O.C5H8N2/c1-26(2,3)34-25(32)28-22(23(29)30)14-8-9-15-27-24(31)33-16-21-19-12-6-4-10-17(19)18-11-5-7-13-20(18)21;1-2-3-4-7-11(14)12(16)15-8-5-6-10(15)9-13;6-4-5-2-1-3-7-5/h4-7,10-13,21-22H,8-9,14-16H2,1-3H3,(H,27,31)(H,28,32)(H,29,30);10-11H,2-8,14H2,1H3;5,7H,1-3H2/t;10-,11?;5-/m.11/s1. The van der Waals surface area contributed by atoms with Gasteiger partial charge in [-0.15, -0.1) is 0 Å². The summed E-state index contributed by atoms with van der Waals surface area (Å²) in [6, 6.07) is 19.0. The van der Waals surface area contributed by atoms with Crippen molar-refractivity contribution in [3.63, 3.8) is 0 Å². The number of amides is 3. The molecule has 2 aliphatic heterocycles. The molecular formula is C43H61N7O7. The Labute approximate surface area is 337 Å². The van der Waals surface area contributed by atoms with Crippen molar-refractivity contribution in [1.29, 1.82) is 10.5 Å². The molecule has 1 aliphatic carbocycles. The lowest BCUT2D eigenvalue weighted by Gasteiger charge is -2.23. The number of benzene rings is 2. The molecule has 2 heterocycles. The molecule has 0 bridgehead atoms. The first-order valence-electron chi connectivity index (χ1n) is 20.2. The Bertz CT molecular complexity index is 1650. The second-order valence-electron chi connectivity index (χ2n) is 15.5. The van der Waals surface area contributed by atoms with Crippen LogP contribution in [0, 0.1) is 22.7 Å². The molecule has 2 aromatic rings. The Balaban J connectivity index is 0.000000309. The van der Waals surface area contributed by atoms with E-state index in [9.17, 15) is 24.3 Å². The summed E-state index contributed by atoms with van der Waals surface area (Å²) in [6.45, 7) is 9.54. The van der Waals surface area contributed by atoms with Gasteiger partial charge in [0.2, 0.25) is 5.91 Å². The molecule has 0 spiro atoms. The molecule has 0 saturated carbocycles. The molecule has 6 N–H and O–H groups in total. The molecule has 3 aliphatic rings. The van der Waals surface area contributed by atoms with Crippen LogP contribution >= 0.6 is 0 Å². The van der Waals surface area contributed by atoms with E-state index in [1.54, 1.807) is 25.7 Å². The van der Waals surface area contributed by atoms with Crippen LogP contribution in [-0.4, -0.2) is 90.1 Å². The van der Waals surface area contributed by atoms with Gasteiger partial charge in [-0.25, -0.2) is 14.4 Å². The van der Waals surface area contributed by atoms with Crippen LogP contribution in [0.1, 0.15) is 115 Å². The second kappa shape index (κ2) is 23.8. The molecule has 2 unspecified atom stereocenters. The number of hydrogen-bond acceptors (Lipinski definition) is 10. The van der Waals surface area contributed by atoms with Gasteiger partial charge in [0.25, 0.3) is 0 Å². The number of nitrogens with one attached hydrogen (secondary N) is 3. The van der Waals surface area contributed by atoms with Gasteiger partial charge in [-0.2, -0.15) is 10.5 Å². The summed E-state index contributed by atoms with van der Waals surface area (Å²) in [5, 5.41) is 34.6. The summed E-state index contributed by atoms with van der Waals surface area (Å²) in [5.41, 5.74) is 9.77. The zero-order valence-corrected chi connectivity index (χ0v) is 33.9. The Morgan fingerprint density at radius 3 is 2.12 bits per heavy atom. The van der Waals surface area contributed by atoms with Crippen LogP contribution in [-0.2, 0) is 19.1 Å². The lowest BCUT2D eigenvalue weighted by Crippen LogP contribution is -2.45. The minimum absolute atomic E-state index is 0.00611. The predicted molar refractivity (Wildman–Crippen MR) is 217 cm³/mol. The number of nitrogens with zero attached hydrogens (tertiary/aromatic N) is 3. The van der Waals surface area contributed by atoms with Gasteiger partial charge < -0.3 is 41.2 Å². The Morgan fingerprint density at radius 2 is 1.58 bits per heavy atom. The molecule has 5 rings (SSSR count). The molecule has 2 saturated heterocycles. The minimum atomic E-state index is -1.13. The topological polar surface area (TPSA) is 220 Å². The van der Waals surface area contributed by atoms with Crippen molar-refractivity contribution in [1.82, 2.24) is 20.9 Å². The molecule has 2 fully saturated rings. The number of rotatable bonds is 14. The summed E-state index contributed by atoms with van der Waals surface area (Å²) in [6.07, 6.45) is 7.88. The van der Waals surface area contributed by atoms with E-state index in [0.29, 0.717) is 25.9 Å². The molecule has 310 valence electrons. The van der Waals surface area contributed by atoms with Gasteiger partial charge in [-0.1, -0.05) is 74.7 Å². The fraction of sp³-hybridized carbons (Fsp3) is 0.581. The maximum absolute atomic E-state index is 12.2. The van der Waals surface area contributed by atoms with Gasteiger partial charge >= 0.3 is 18.2 Å². The molecule has 0 radical (unpaired) electrons. The van der Waals surface area contributed by atoms with Crippen molar-refractivity contribution in [3.8, 4) is 23.3 Å². The van der Waals surface area contributed by atoms with Gasteiger partial charge in [0.1, 0.15) is 24.3 Å². The monoisotopic (exact) mass is 787 g/mol. The van der Waals surface area contributed by atoms with Crippen molar-refractivity contribution in [2.24, 2.45) is 5.73 Å². The van der Waals surface area contributed by atoms with Crippen LogP contribution in [0.15, 0.2) is 48.5 Å². The molecule has 0 aromatic heterocycles. The number of aliphatic carboxylic acids is 1. The zero-order chi connectivity index (χ0) is 41.8. The summed E-state index contributed by atoms with van der Waals surface area (Å²) in [4.78, 5) is 49.0. The molecule has 2 aromatic carbocycles. The van der Waals surface area contributed by atoms with Crippen LogP contribution in [0.25, 0.3) is 11.1 Å². The van der Waals surface area contributed by atoms with E-state index in [1.807, 2.05) is 24.3 Å². The average Bonchev–Trinajstić information content (AvgIpc) is 3.96. The number of carboxylic acid groups (broad SMARTS) is 1. The van der Waals surface area contributed by atoms with Crippen LogP contribution < -0.4 is 21.7 Å². The Kier molecular flexibility index (Phi) is 19.3. The first kappa shape index (κ1) is 46.2. The highest BCUT2D eigenvalue weighted by atomic mass is 16.6. The first-order chi connectivity index (χ1) is 27.3. The number of fused-ring (bicyclic) bond motifs is 3. The lowest BCUT2D eigenvalue weighted by atomic mass is 9.98. The van der Waals surface area contributed by atoms with E-state index in [0.717, 1.165) is 69.0 Å². The molecule has 14 heteroatoms. The number of nitrogens with two attached hydrogens (primary N) is 1. The fourth-order valence-electron chi connectivity index (χ4n) is 6.93. The van der Waals surface area contributed by atoms with Gasteiger partial charge in [-0.05, 0) is 101 Å². The van der Waals surface area contributed by atoms with Crippen molar-refractivity contribution in [3.05, 3.63) is 59.7 Å². The van der Waals surface area contributed by atoms with Crippen molar-refractivity contribution < 1.29 is 33.8 Å². The molecular weight excluding hydrogens is 727 g/mol. The molecule has 3 amide bonds. The Hall–Kier alpha value is -5.18. The minimum Gasteiger partial charge on any atom is -0.480 e. The normalized spacial score (nSPS) is 17.8. The number of carbonyl (C=O) groups excluding carboxylic acids is 3. The Morgan fingerprint density at radius 1 is 0.930 bits per heavy atom. The van der Waals surface area contributed by atoms with E-state index in [-0.39, 0.29) is 36.9 Å². The first-order valence-corrected chi connectivity index (χ1v) is 20.2. The molecule has 14 nitrogen and oxygen atoms in total. The average molecular weight is 788 g/mol. The fourth-order valence-corrected chi connectivity index (χ4v) is 6.93. The summed E-state index contributed by atoms with van der Waals surface area (Å²) in [5.74, 6) is -1.18.